The van der Waals surface area contributed by atoms with Gasteiger partial charge in [-0.15, -0.1) is 0 Å². The molecule has 0 aromatic heterocycles. The first kappa shape index (κ1) is 45.2. The zero-order valence-electron chi connectivity index (χ0n) is 41.7. The van der Waals surface area contributed by atoms with Gasteiger partial charge in [-0.05, 0) is 121 Å². The maximum absolute atomic E-state index is 7.29. The highest BCUT2D eigenvalue weighted by Gasteiger charge is 2.44. The molecule has 0 saturated heterocycles. The van der Waals surface area contributed by atoms with Gasteiger partial charge < -0.3 is 9.80 Å². The number of hydrogen-bond donors (Lipinski definition) is 0. The van der Waals surface area contributed by atoms with E-state index in [0.29, 0.717) is 5.02 Å². The molecule has 11 aromatic rings. The van der Waals surface area contributed by atoms with Crippen molar-refractivity contribution in [3.63, 3.8) is 0 Å². The molecule has 1 atom stereocenters. The molecule has 0 amide bonds. The van der Waals surface area contributed by atoms with E-state index in [9.17, 15) is 0 Å². The van der Waals surface area contributed by atoms with Crippen LogP contribution in [0.1, 0.15) is 48.9 Å². The normalized spacial score (nSPS) is 13.5. The fourth-order valence-electron chi connectivity index (χ4n) is 11.5. The standard InChI is InChI=1S/C71H53ClN2/c1-71(2,3)55-44-65-68-66(45-55)74(70-61(51-32-18-8-19-33-51)42-54(48-26-12-5-13-27-48)43-62(70)52-34-20-9-21-35-52)64-46-56(72)38-39-58(64)67(68)57-36-22-23-37-63(57)73(65)69-59(49-28-14-6-15-29-49)40-53(47-24-10-4-11-25-47)41-60(69)50-30-16-7-17-31-50/h4-46,67H,1-3H3. The predicted molar refractivity (Wildman–Crippen MR) is 313 cm³/mol. The molecule has 2 aliphatic rings. The molecule has 0 saturated carbocycles. The molecule has 2 heterocycles. The zero-order valence-corrected chi connectivity index (χ0v) is 42.4. The van der Waals surface area contributed by atoms with Gasteiger partial charge >= 0.3 is 0 Å². The molecule has 1 unspecified atom stereocenters. The van der Waals surface area contributed by atoms with Crippen LogP contribution in [0.2, 0.25) is 5.02 Å². The molecular formula is C71H53ClN2. The van der Waals surface area contributed by atoms with E-state index >= 15 is 0 Å². The first-order valence-electron chi connectivity index (χ1n) is 25.6. The average molecular weight is 970 g/mol. The van der Waals surface area contributed by atoms with Crippen LogP contribution < -0.4 is 9.80 Å². The molecule has 13 rings (SSSR count). The molecular weight excluding hydrogens is 916 g/mol. The molecule has 74 heavy (non-hydrogen) atoms. The van der Waals surface area contributed by atoms with Crippen molar-refractivity contribution in [2.45, 2.75) is 32.1 Å². The minimum absolute atomic E-state index is 0.113. The van der Waals surface area contributed by atoms with Crippen LogP contribution in [0.5, 0.6) is 0 Å². The van der Waals surface area contributed by atoms with Crippen molar-refractivity contribution in [3.05, 3.63) is 288 Å². The topological polar surface area (TPSA) is 6.48 Å². The molecule has 0 radical (unpaired) electrons. The largest absolute Gasteiger partial charge is 0.309 e. The molecule has 354 valence electrons. The lowest BCUT2D eigenvalue weighted by molar-refractivity contribution is 0.590. The van der Waals surface area contributed by atoms with E-state index in [1.807, 2.05) is 0 Å². The van der Waals surface area contributed by atoms with Gasteiger partial charge in [0, 0.05) is 38.8 Å². The Morgan fingerprint density at radius 2 is 0.649 bits per heavy atom. The minimum atomic E-state index is -0.243. The number of rotatable bonds is 8. The van der Waals surface area contributed by atoms with Gasteiger partial charge in [-0.2, -0.15) is 0 Å². The average Bonchev–Trinajstić information content (AvgIpc) is 3.46. The molecule has 3 heteroatoms. The first-order chi connectivity index (χ1) is 36.3. The third-order valence-electron chi connectivity index (χ3n) is 15.0. The summed E-state index contributed by atoms with van der Waals surface area (Å²) in [5, 5.41) is 0.692. The fraction of sp³-hybridized carbons (Fsp3) is 0.0704. The lowest BCUT2D eigenvalue weighted by Gasteiger charge is -2.47. The van der Waals surface area contributed by atoms with E-state index < -0.39 is 0 Å². The number of halogens is 1. The number of anilines is 6. The Bertz CT molecular complexity index is 3740. The summed E-state index contributed by atoms with van der Waals surface area (Å²) in [6.45, 7) is 7.03. The third-order valence-corrected chi connectivity index (χ3v) is 15.3. The Morgan fingerprint density at radius 1 is 0.311 bits per heavy atom. The van der Waals surface area contributed by atoms with Gasteiger partial charge in [-0.25, -0.2) is 0 Å². The second kappa shape index (κ2) is 18.4. The van der Waals surface area contributed by atoms with Gasteiger partial charge in [-0.3, -0.25) is 0 Å². The van der Waals surface area contributed by atoms with Crippen molar-refractivity contribution in [2.24, 2.45) is 0 Å². The minimum Gasteiger partial charge on any atom is -0.309 e. The van der Waals surface area contributed by atoms with E-state index in [2.05, 4.69) is 291 Å². The summed E-state index contributed by atoms with van der Waals surface area (Å²) in [5.41, 5.74) is 25.2. The Labute approximate surface area is 440 Å². The van der Waals surface area contributed by atoms with Gasteiger partial charge in [0.05, 0.1) is 34.1 Å². The number of hydrogen-bond acceptors (Lipinski definition) is 2. The van der Waals surface area contributed by atoms with Gasteiger partial charge in [0.2, 0.25) is 0 Å². The van der Waals surface area contributed by atoms with Gasteiger partial charge in [0.15, 0.2) is 0 Å². The number of para-hydroxylation sites is 1. The molecule has 0 bridgehead atoms. The molecule has 0 fully saturated rings. The number of nitrogens with zero attached hydrogens (tertiary/aromatic N) is 2. The Balaban J connectivity index is 1.19. The predicted octanol–water partition coefficient (Wildman–Crippen LogP) is 20.4. The Kier molecular flexibility index (Phi) is 11.2. The van der Waals surface area contributed by atoms with Crippen molar-refractivity contribution in [1.29, 1.82) is 0 Å². The summed E-state index contributed by atoms with van der Waals surface area (Å²) in [6.07, 6.45) is 0. The van der Waals surface area contributed by atoms with Crippen molar-refractivity contribution in [2.75, 3.05) is 9.80 Å². The summed E-state index contributed by atoms with van der Waals surface area (Å²) in [7, 11) is 0. The maximum atomic E-state index is 7.29. The number of fused-ring (bicyclic) bond motifs is 4. The highest BCUT2D eigenvalue weighted by molar-refractivity contribution is 6.31. The molecule has 2 nitrogen and oxygen atoms in total. The zero-order chi connectivity index (χ0) is 49.9. The number of benzene rings is 11. The first-order valence-corrected chi connectivity index (χ1v) is 26.0. The quantitative estimate of drug-likeness (QED) is 0.150. The summed E-state index contributed by atoms with van der Waals surface area (Å²) in [6, 6.07) is 95.7. The van der Waals surface area contributed by atoms with Crippen molar-refractivity contribution >= 4 is 45.7 Å². The Hall–Kier alpha value is -8.69. The summed E-state index contributed by atoms with van der Waals surface area (Å²) in [4.78, 5) is 5.19. The lowest BCUT2D eigenvalue weighted by Crippen LogP contribution is -2.31. The SMILES string of the molecule is CC(C)(C)c1cc2c3c(c1)N(c1c(-c4ccccc4)cc(-c4ccccc4)cc1-c1ccccc1)c1cc(Cl)ccc1C3c1ccccc1N2c1c(-c2ccccc2)cc(-c2ccccc2)cc1-c1ccccc1. The van der Waals surface area contributed by atoms with E-state index in [1.54, 1.807) is 0 Å². The van der Waals surface area contributed by atoms with Crippen LogP contribution >= 0.6 is 11.6 Å². The second-order valence-corrected chi connectivity index (χ2v) is 21.0. The van der Waals surface area contributed by atoms with Crippen molar-refractivity contribution in [1.82, 2.24) is 0 Å². The highest BCUT2D eigenvalue weighted by atomic mass is 35.5. The van der Waals surface area contributed by atoms with Gasteiger partial charge in [0.25, 0.3) is 0 Å². The second-order valence-electron chi connectivity index (χ2n) is 20.6. The molecule has 0 spiro atoms. The van der Waals surface area contributed by atoms with Crippen LogP contribution in [0, 0.1) is 0 Å². The van der Waals surface area contributed by atoms with Crippen LogP contribution in [0.25, 0.3) is 66.8 Å². The highest BCUT2D eigenvalue weighted by Crippen LogP contribution is 2.64. The van der Waals surface area contributed by atoms with E-state index in [-0.39, 0.29) is 11.3 Å². The molecule has 2 aliphatic heterocycles. The monoisotopic (exact) mass is 968 g/mol. The van der Waals surface area contributed by atoms with Crippen molar-refractivity contribution in [3.8, 4) is 66.8 Å². The van der Waals surface area contributed by atoms with Crippen molar-refractivity contribution < 1.29 is 0 Å². The van der Waals surface area contributed by atoms with Gasteiger partial charge in [-0.1, -0.05) is 239 Å². The van der Waals surface area contributed by atoms with E-state index in [4.69, 9.17) is 11.6 Å². The maximum Gasteiger partial charge on any atom is 0.0619 e. The van der Waals surface area contributed by atoms with Gasteiger partial charge in [0.1, 0.15) is 0 Å². The van der Waals surface area contributed by atoms with E-state index in [0.717, 1.165) is 89.8 Å². The third kappa shape index (κ3) is 7.82. The molecule has 0 aliphatic carbocycles. The van der Waals surface area contributed by atoms with E-state index in [1.165, 1.54) is 33.4 Å². The van der Waals surface area contributed by atoms with Crippen LogP contribution in [0.15, 0.2) is 261 Å². The van der Waals surface area contributed by atoms with Crippen LogP contribution in [-0.2, 0) is 5.41 Å². The fourth-order valence-corrected chi connectivity index (χ4v) is 11.7. The smallest absolute Gasteiger partial charge is 0.0619 e. The lowest BCUT2D eigenvalue weighted by atomic mass is 9.73. The molecule has 11 aromatic carbocycles. The van der Waals surface area contributed by atoms with Crippen LogP contribution in [-0.4, -0.2) is 0 Å². The van der Waals surface area contributed by atoms with Crippen LogP contribution in [0.3, 0.4) is 0 Å². The summed E-state index contributed by atoms with van der Waals surface area (Å²) >= 11 is 7.29. The summed E-state index contributed by atoms with van der Waals surface area (Å²) < 4.78 is 0. The van der Waals surface area contributed by atoms with Crippen LogP contribution in [0.4, 0.5) is 34.1 Å². The Morgan fingerprint density at radius 3 is 1.04 bits per heavy atom. The molecule has 0 N–H and O–H groups in total. The summed E-state index contributed by atoms with van der Waals surface area (Å²) in [5.74, 6) is -0.113.